The van der Waals surface area contributed by atoms with Crippen molar-refractivity contribution in [3.05, 3.63) is 18.0 Å². The summed E-state index contributed by atoms with van der Waals surface area (Å²) in [5.41, 5.74) is 4.51. The van der Waals surface area contributed by atoms with Crippen molar-refractivity contribution in [2.75, 3.05) is 0 Å². The zero-order chi connectivity index (χ0) is 11.5. The van der Waals surface area contributed by atoms with E-state index in [0.717, 1.165) is 12.4 Å². The Morgan fingerprint density at radius 2 is 2.20 bits per heavy atom. The molecule has 0 amide bonds. The zero-order valence-corrected chi connectivity index (χ0v) is 8.61. The number of aryl methyl sites for hydroxylation is 1. The van der Waals surface area contributed by atoms with Crippen molar-refractivity contribution in [1.29, 1.82) is 0 Å². The number of nitrogens with zero attached hydrogens (tertiary/aromatic N) is 2. The monoisotopic (exact) mass is 237 g/mol. The molecule has 0 aromatic carbocycles. The molecule has 84 valence electrons. The molecular formula is C8H10F3N3S. The molecule has 1 aromatic rings. The Hall–Kier alpha value is -1.11. The second kappa shape index (κ2) is 4.61. The summed E-state index contributed by atoms with van der Waals surface area (Å²) in [5, 5.41) is 3.59. The summed E-state index contributed by atoms with van der Waals surface area (Å²) in [4.78, 5) is 0.359. The first-order valence-electron chi connectivity index (χ1n) is 4.27. The molecule has 0 aliphatic carbocycles. The zero-order valence-electron chi connectivity index (χ0n) is 7.79. The van der Waals surface area contributed by atoms with Gasteiger partial charge in [0.2, 0.25) is 0 Å². The molecule has 0 bridgehead atoms. The van der Waals surface area contributed by atoms with Crippen molar-refractivity contribution in [3.8, 4) is 0 Å². The SMILES string of the molecule is NC(=S)CCCn1cc(C(F)(F)F)cn1. The number of alkyl halides is 3. The average Bonchev–Trinajstić information content (AvgIpc) is 2.51. The number of thiocarbonyl (C=S) groups is 1. The maximum absolute atomic E-state index is 12.2. The number of hydrogen-bond acceptors (Lipinski definition) is 2. The van der Waals surface area contributed by atoms with E-state index in [1.54, 1.807) is 0 Å². The molecule has 1 aromatic heterocycles. The third kappa shape index (κ3) is 3.86. The Kier molecular flexibility index (Phi) is 3.67. The van der Waals surface area contributed by atoms with Crippen LogP contribution in [0.5, 0.6) is 0 Å². The van der Waals surface area contributed by atoms with E-state index in [1.807, 2.05) is 0 Å². The summed E-state index contributed by atoms with van der Waals surface area (Å²) >= 11 is 4.64. The van der Waals surface area contributed by atoms with E-state index in [1.165, 1.54) is 4.68 Å². The van der Waals surface area contributed by atoms with E-state index < -0.39 is 11.7 Å². The topological polar surface area (TPSA) is 43.8 Å². The summed E-state index contributed by atoms with van der Waals surface area (Å²) in [6, 6.07) is 0. The van der Waals surface area contributed by atoms with Crippen molar-refractivity contribution < 1.29 is 13.2 Å². The van der Waals surface area contributed by atoms with Crippen LogP contribution in [0.1, 0.15) is 18.4 Å². The number of halogens is 3. The highest BCUT2D eigenvalue weighted by Crippen LogP contribution is 2.28. The fourth-order valence-corrected chi connectivity index (χ4v) is 1.19. The Morgan fingerprint density at radius 1 is 1.53 bits per heavy atom. The number of aromatic nitrogens is 2. The van der Waals surface area contributed by atoms with Gasteiger partial charge in [-0.3, -0.25) is 4.68 Å². The van der Waals surface area contributed by atoms with Gasteiger partial charge in [0.15, 0.2) is 0 Å². The lowest BCUT2D eigenvalue weighted by Gasteiger charge is -2.01. The average molecular weight is 237 g/mol. The predicted molar refractivity (Wildman–Crippen MR) is 53.2 cm³/mol. The molecule has 2 N–H and O–H groups in total. The van der Waals surface area contributed by atoms with Gasteiger partial charge >= 0.3 is 6.18 Å². The fraction of sp³-hybridized carbons (Fsp3) is 0.500. The molecule has 0 unspecified atom stereocenters. The molecule has 7 heteroatoms. The molecule has 0 atom stereocenters. The van der Waals surface area contributed by atoms with Gasteiger partial charge in [0.1, 0.15) is 0 Å². The van der Waals surface area contributed by atoms with Crippen molar-refractivity contribution in [3.63, 3.8) is 0 Å². The van der Waals surface area contributed by atoms with Crippen LogP contribution in [0.4, 0.5) is 13.2 Å². The van der Waals surface area contributed by atoms with E-state index in [-0.39, 0.29) is 0 Å². The molecule has 0 fully saturated rings. The van der Waals surface area contributed by atoms with Crippen LogP contribution in [0.3, 0.4) is 0 Å². The molecule has 1 heterocycles. The molecule has 0 radical (unpaired) electrons. The summed E-state index contributed by atoms with van der Waals surface area (Å²) in [7, 11) is 0. The van der Waals surface area contributed by atoms with E-state index >= 15 is 0 Å². The van der Waals surface area contributed by atoms with Crippen LogP contribution in [0, 0.1) is 0 Å². The van der Waals surface area contributed by atoms with Crippen LogP contribution in [0.15, 0.2) is 12.4 Å². The molecule has 15 heavy (non-hydrogen) atoms. The van der Waals surface area contributed by atoms with Gasteiger partial charge in [-0.25, -0.2) is 0 Å². The molecule has 0 aliphatic rings. The minimum Gasteiger partial charge on any atom is -0.393 e. The third-order valence-electron chi connectivity index (χ3n) is 1.77. The summed E-state index contributed by atoms with van der Waals surface area (Å²) in [5.74, 6) is 0. The van der Waals surface area contributed by atoms with Gasteiger partial charge < -0.3 is 5.73 Å². The van der Waals surface area contributed by atoms with Crippen LogP contribution in [-0.2, 0) is 12.7 Å². The van der Waals surface area contributed by atoms with E-state index in [4.69, 9.17) is 5.73 Å². The van der Waals surface area contributed by atoms with Crippen molar-refractivity contribution in [2.24, 2.45) is 5.73 Å². The van der Waals surface area contributed by atoms with E-state index in [0.29, 0.717) is 24.4 Å². The van der Waals surface area contributed by atoms with Crippen molar-refractivity contribution >= 4 is 17.2 Å². The van der Waals surface area contributed by atoms with Gasteiger partial charge in [0.25, 0.3) is 0 Å². The van der Waals surface area contributed by atoms with Gasteiger partial charge in [-0.2, -0.15) is 18.3 Å². The molecule has 0 aliphatic heterocycles. The lowest BCUT2D eigenvalue weighted by atomic mass is 10.3. The molecule has 0 spiro atoms. The lowest BCUT2D eigenvalue weighted by molar-refractivity contribution is -0.137. The summed E-state index contributed by atoms with van der Waals surface area (Å²) in [6.07, 6.45) is -1.45. The molecular weight excluding hydrogens is 227 g/mol. The minimum absolute atomic E-state index is 0.359. The maximum Gasteiger partial charge on any atom is 0.419 e. The second-order valence-electron chi connectivity index (χ2n) is 3.06. The normalized spacial score (nSPS) is 11.7. The highest BCUT2D eigenvalue weighted by atomic mass is 32.1. The second-order valence-corrected chi connectivity index (χ2v) is 3.58. The summed E-state index contributed by atoms with van der Waals surface area (Å²) in [6.45, 7) is 0.382. The van der Waals surface area contributed by atoms with Crippen LogP contribution in [0.25, 0.3) is 0 Å². The Bertz CT molecular complexity index is 345. The number of nitrogens with two attached hydrogens (primary N) is 1. The molecule has 1 rings (SSSR count). The highest BCUT2D eigenvalue weighted by Gasteiger charge is 2.31. The highest BCUT2D eigenvalue weighted by molar-refractivity contribution is 7.80. The van der Waals surface area contributed by atoms with Crippen LogP contribution in [-0.4, -0.2) is 14.8 Å². The van der Waals surface area contributed by atoms with Crippen molar-refractivity contribution in [1.82, 2.24) is 9.78 Å². The van der Waals surface area contributed by atoms with Gasteiger partial charge in [0, 0.05) is 12.7 Å². The largest absolute Gasteiger partial charge is 0.419 e. The Balaban J connectivity index is 2.50. The molecule has 0 saturated heterocycles. The van der Waals surface area contributed by atoms with E-state index in [2.05, 4.69) is 17.3 Å². The van der Waals surface area contributed by atoms with E-state index in [9.17, 15) is 13.2 Å². The molecule has 0 saturated carbocycles. The van der Waals surface area contributed by atoms with Gasteiger partial charge in [-0.15, -0.1) is 0 Å². The lowest BCUT2D eigenvalue weighted by Crippen LogP contribution is -2.09. The van der Waals surface area contributed by atoms with Crippen LogP contribution < -0.4 is 5.73 Å². The minimum atomic E-state index is -4.33. The van der Waals surface area contributed by atoms with Gasteiger partial charge in [-0.1, -0.05) is 12.2 Å². The fourth-order valence-electron chi connectivity index (χ4n) is 1.05. The third-order valence-corrected chi connectivity index (χ3v) is 1.98. The van der Waals surface area contributed by atoms with Crippen LogP contribution in [0.2, 0.25) is 0 Å². The predicted octanol–water partition coefficient (Wildman–Crippen LogP) is 1.97. The smallest absolute Gasteiger partial charge is 0.393 e. The number of hydrogen-bond donors (Lipinski definition) is 1. The first-order valence-corrected chi connectivity index (χ1v) is 4.68. The summed E-state index contributed by atoms with van der Waals surface area (Å²) < 4.78 is 37.7. The molecule has 3 nitrogen and oxygen atoms in total. The van der Waals surface area contributed by atoms with Gasteiger partial charge in [-0.05, 0) is 12.8 Å². The van der Waals surface area contributed by atoms with Crippen LogP contribution >= 0.6 is 12.2 Å². The quantitative estimate of drug-likeness (QED) is 0.814. The first kappa shape index (κ1) is 12.0. The maximum atomic E-state index is 12.2. The van der Waals surface area contributed by atoms with Crippen molar-refractivity contribution in [2.45, 2.75) is 25.6 Å². The Morgan fingerprint density at radius 3 is 2.67 bits per heavy atom. The first-order chi connectivity index (χ1) is 6.89. The number of rotatable bonds is 4. The standard InChI is InChI=1S/C8H10F3N3S/c9-8(10,11)6-4-13-14(5-6)3-1-2-7(12)15/h4-5H,1-3H2,(H2,12,15). The Labute approximate surface area is 90.1 Å². The van der Waals surface area contributed by atoms with Gasteiger partial charge in [0.05, 0.1) is 16.7 Å².